The summed E-state index contributed by atoms with van der Waals surface area (Å²) in [6.07, 6.45) is 1.15. The zero-order chi connectivity index (χ0) is 16.3. The summed E-state index contributed by atoms with van der Waals surface area (Å²) in [6, 6.07) is 11.2. The molecule has 0 aliphatic rings. The lowest BCUT2D eigenvalue weighted by molar-refractivity contribution is 0.102. The highest BCUT2D eigenvalue weighted by molar-refractivity contribution is 7.89. The monoisotopic (exact) mass is 357 g/mol. The van der Waals surface area contributed by atoms with Gasteiger partial charge in [-0.3, -0.25) is 4.79 Å². The Labute approximate surface area is 139 Å². The molecule has 0 spiro atoms. The topological polar surface area (TPSA) is 63.2 Å². The van der Waals surface area contributed by atoms with Gasteiger partial charge in [-0.05, 0) is 35.9 Å². The van der Waals surface area contributed by atoms with Gasteiger partial charge in [0.15, 0.2) is 9.84 Å². The second-order valence-corrected chi connectivity index (χ2v) is 7.83. The summed E-state index contributed by atoms with van der Waals surface area (Å²) in [5.41, 5.74) is 1.34. The summed E-state index contributed by atoms with van der Waals surface area (Å²) in [4.78, 5) is 12.2. The van der Waals surface area contributed by atoms with Gasteiger partial charge in [0, 0.05) is 16.8 Å². The van der Waals surface area contributed by atoms with Crippen LogP contribution in [0.4, 0.5) is 5.69 Å². The Morgan fingerprint density at radius 3 is 2.50 bits per heavy atom. The highest BCUT2D eigenvalue weighted by Crippen LogP contribution is 2.25. The molecule has 0 saturated carbocycles. The molecule has 0 bridgehead atoms. The molecule has 0 atom stereocenters. The Balaban J connectivity index is 2.21. The van der Waals surface area contributed by atoms with Crippen LogP contribution in [0.25, 0.3) is 0 Å². The largest absolute Gasteiger partial charge is 0.321 e. The first-order chi connectivity index (χ1) is 10.2. The van der Waals surface area contributed by atoms with Crippen molar-refractivity contribution in [2.24, 2.45) is 0 Å². The van der Waals surface area contributed by atoms with E-state index < -0.39 is 9.84 Å². The zero-order valence-electron chi connectivity index (χ0n) is 11.6. The fraction of sp³-hybridized carbons (Fsp3) is 0.133. The van der Waals surface area contributed by atoms with Gasteiger partial charge in [0.2, 0.25) is 0 Å². The van der Waals surface area contributed by atoms with E-state index in [1.54, 1.807) is 36.4 Å². The Morgan fingerprint density at radius 2 is 1.86 bits per heavy atom. The molecular formula is C15H13Cl2NO3S. The highest BCUT2D eigenvalue weighted by atomic mass is 35.5. The molecule has 2 aromatic carbocycles. The zero-order valence-corrected chi connectivity index (χ0v) is 14.0. The van der Waals surface area contributed by atoms with Crippen molar-refractivity contribution in [1.29, 1.82) is 0 Å². The minimum absolute atomic E-state index is 0.115. The van der Waals surface area contributed by atoms with E-state index in [4.69, 9.17) is 23.2 Å². The van der Waals surface area contributed by atoms with Crippen molar-refractivity contribution in [2.45, 2.75) is 5.75 Å². The lowest BCUT2D eigenvalue weighted by Gasteiger charge is -2.08. The lowest BCUT2D eigenvalue weighted by Crippen LogP contribution is -2.13. The van der Waals surface area contributed by atoms with E-state index >= 15 is 0 Å². The average Bonchev–Trinajstić information content (AvgIpc) is 2.40. The fourth-order valence-corrected chi connectivity index (χ4v) is 3.13. The Kier molecular flexibility index (Phi) is 5.11. The minimum Gasteiger partial charge on any atom is -0.321 e. The third kappa shape index (κ3) is 4.73. The van der Waals surface area contributed by atoms with Crippen LogP contribution in [0.1, 0.15) is 15.9 Å². The van der Waals surface area contributed by atoms with Crippen molar-refractivity contribution in [3.05, 3.63) is 63.6 Å². The SMILES string of the molecule is CS(=O)(=O)Cc1cccc(C(=O)Nc2ccc(Cl)cc2Cl)c1. The van der Waals surface area contributed by atoms with E-state index in [1.807, 2.05) is 0 Å². The molecular weight excluding hydrogens is 345 g/mol. The molecule has 0 aliphatic heterocycles. The van der Waals surface area contributed by atoms with Crippen LogP contribution < -0.4 is 5.32 Å². The lowest BCUT2D eigenvalue weighted by atomic mass is 10.1. The first-order valence-electron chi connectivity index (χ1n) is 6.28. The molecule has 22 heavy (non-hydrogen) atoms. The molecule has 2 rings (SSSR count). The minimum atomic E-state index is -3.16. The van der Waals surface area contributed by atoms with E-state index in [9.17, 15) is 13.2 Å². The number of anilines is 1. The van der Waals surface area contributed by atoms with E-state index in [0.717, 1.165) is 6.26 Å². The van der Waals surface area contributed by atoms with E-state index in [2.05, 4.69) is 5.32 Å². The first-order valence-corrected chi connectivity index (χ1v) is 9.09. The van der Waals surface area contributed by atoms with Gasteiger partial charge in [-0.25, -0.2) is 8.42 Å². The predicted molar refractivity (Wildman–Crippen MR) is 89.4 cm³/mol. The van der Waals surface area contributed by atoms with Gasteiger partial charge in [-0.1, -0.05) is 35.3 Å². The molecule has 116 valence electrons. The van der Waals surface area contributed by atoms with Crippen LogP contribution in [0, 0.1) is 0 Å². The molecule has 0 unspecified atom stereocenters. The molecule has 2 aromatic rings. The summed E-state index contributed by atoms with van der Waals surface area (Å²) >= 11 is 11.8. The van der Waals surface area contributed by atoms with Gasteiger partial charge in [-0.15, -0.1) is 0 Å². The van der Waals surface area contributed by atoms with Crippen LogP contribution in [0.15, 0.2) is 42.5 Å². The molecule has 1 N–H and O–H groups in total. The fourth-order valence-electron chi connectivity index (χ4n) is 1.89. The Hall–Kier alpha value is -1.56. The number of nitrogens with one attached hydrogen (secondary N) is 1. The van der Waals surface area contributed by atoms with Gasteiger partial charge in [0.1, 0.15) is 0 Å². The number of sulfone groups is 1. The van der Waals surface area contributed by atoms with Gasteiger partial charge >= 0.3 is 0 Å². The van der Waals surface area contributed by atoms with Crippen LogP contribution in [0.2, 0.25) is 10.0 Å². The smallest absolute Gasteiger partial charge is 0.255 e. The van der Waals surface area contributed by atoms with Crippen LogP contribution in [0.3, 0.4) is 0 Å². The molecule has 1 amide bonds. The van der Waals surface area contributed by atoms with Crippen molar-refractivity contribution in [3.63, 3.8) is 0 Å². The number of hydrogen-bond acceptors (Lipinski definition) is 3. The second kappa shape index (κ2) is 6.69. The number of carbonyl (C=O) groups is 1. The number of amides is 1. The summed E-state index contributed by atoms with van der Waals surface area (Å²) < 4.78 is 22.6. The summed E-state index contributed by atoms with van der Waals surface area (Å²) in [7, 11) is -3.16. The van der Waals surface area contributed by atoms with E-state index in [1.165, 1.54) is 6.07 Å². The number of hydrogen-bond donors (Lipinski definition) is 1. The molecule has 0 aromatic heterocycles. The normalized spacial score (nSPS) is 11.2. The van der Waals surface area contributed by atoms with Crippen molar-refractivity contribution < 1.29 is 13.2 Å². The van der Waals surface area contributed by atoms with Crippen LogP contribution in [0.5, 0.6) is 0 Å². The molecule has 4 nitrogen and oxygen atoms in total. The number of rotatable bonds is 4. The maximum atomic E-state index is 12.2. The Morgan fingerprint density at radius 1 is 1.14 bits per heavy atom. The third-order valence-corrected chi connectivity index (χ3v) is 4.20. The molecule has 0 fully saturated rings. The number of carbonyl (C=O) groups excluding carboxylic acids is 1. The Bertz CT molecular complexity index is 819. The van der Waals surface area contributed by atoms with Crippen LogP contribution in [-0.4, -0.2) is 20.6 Å². The quantitative estimate of drug-likeness (QED) is 0.905. The van der Waals surface area contributed by atoms with E-state index in [0.29, 0.717) is 26.9 Å². The van der Waals surface area contributed by atoms with Crippen molar-refractivity contribution in [1.82, 2.24) is 0 Å². The maximum Gasteiger partial charge on any atom is 0.255 e. The van der Waals surface area contributed by atoms with E-state index in [-0.39, 0.29) is 11.7 Å². The molecule has 0 saturated heterocycles. The number of halogens is 2. The van der Waals surface area contributed by atoms with Crippen LogP contribution in [-0.2, 0) is 15.6 Å². The maximum absolute atomic E-state index is 12.2. The van der Waals surface area contributed by atoms with Crippen molar-refractivity contribution in [2.75, 3.05) is 11.6 Å². The molecule has 7 heteroatoms. The molecule has 0 aliphatic carbocycles. The first kappa shape index (κ1) is 16.8. The van der Waals surface area contributed by atoms with Gasteiger partial charge in [0.05, 0.1) is 16.5 Å². The van der Waals surface area contributed by atoms with Crippen molar-refractivity contribution in [3.8, 4) is 0 Å². The number of benzene rings is 2. The molecule has 0 heterocycles. The standard InChI is InChI=1S/C15H13Cl2NO3S/c1-22(20,21)9-10-3-2-4-11(7-10)15(19)18-14-6-5-12(16)8-13(14)17/h2-8H,9H2,1H3,(H,18,19). The van der Waals surface area contributed by atoms with Crippen molar-refractivity contribution >= 4 is 44.6 Å². The average molecular weight is 358 g/mol. The van der Waals surface area contributed by atoms with Crippen LogP contribution >= 0.6 is 23.2 Å². The predicted octanol–water partition coefficient (Wildman–Crippen LogP) is 3.79. The van der Waals surface area contributed by atoms with Gasteiger partial charge in [0.25, 0.3) is 5.91 Å². The second-order valence-electron chi connectivity index (χ2n) is 4.85. The molecule has 0 radical (unpaired) electrons. The summed E-state index contributed by atoms with van der Waals surface area (Å²) in [5.74, 6) is -0.491. The van der Waals surface area contributed by atoms with Gasteiger partial charge < -0.3 is 5.32 Å². The summed E-state index contributed by atoms with van der Waals surface area (Å²) in [5, 5.41) is 3.46. The summed E-state index contributed by atoms with van der Waals surface area (Å²) in [6.45, 7) is 0. The van der Waals surface area contributed by atoms with Gasteiger partial charge in [-0.2, -0.15) is 0 Å². The third-order valence-electron chi connectivity index (χ3n) is 2.80. The highest BCUT2D eigenvalue weighted by Gasteiger charge is 2.11.